The predicted molar refractivity (Wildman–Crippen MR) is 134 cm³/mol. The molecule has 8 nitrogen and oxygen atoms in total. The van der Waals surface area contributed by atoms with Crippen molar-refractivity contribution in [2.45, 2.75) is 39.0 Å². The molecule has 1 heterocycles. The lowest BCUT2D eigenvalue weighted by atomic mass is 9.89. The number of benzene rings is 2. The van der Waals surface area contributed by atoms with Gasteiger partial charge in [0.1, 0.15) is 17.9 Å². The molecule has 0 atom stereocenters. The third-order valence-electron chi connectivity index (χ3n) is 6.00. The molecule has 1 aromatic heterocycles. The van der Waals surface area contributed by atoms with Gasteiger partial charge in [-0.2, -0.15) is 0 Å². The van der Waals surface area contributed by atoms with E-state index in [9.17, 15) is 4.79 Å². The molecule has 0 amide bonds. The number of carbonyl (C=O) groups is 1. The monoisotopic (exact) mass is 477 g/mol. The van der Waals surface area contributed by atoms with Crippen molar-refractivity contribution in [3.63, 3.8) is 0 Å². The second-order valence-electron chi connectivity index (χ2n) is 8.38. The molecule has 1 aliphatic carbocycles. The summed E-state index contributed by atoms with van der Waals surface area (Å²) in [5, 5.41) is 12.3. The summed E-state index contributed by atoms with van der Waals surface area (Å²) in [6, 6.07) is 11.7. The van der Waals surface area contributed by atoms with Gasteiger partial charge in [0.25, 0.3) is 0 Å². The van der Waals surface area contributed by atoms with Crippen LogP contribution in [0.25, 0.3) is 11.3 Å². The number of hydrogen-bond donors (Lipinski definition) is 2. The van der Waals surface area contributed by atoms with Crippen molar-refractivity contribution >= 4 is 11.8 Å². The maximum absolute atomic E-state index is 10.8. The average Bonchev–Trinajstić information content (AvgIpc) is 2.87. The number of carboxylic acid groups (broad SMARTS) is 1. The molecular formula is C27H31N3O5. The first kappa shape index (κ1) is 24.3. The highest BCUT2D eigenvalue weighted by Gasteiger charge is 2.14. The Morgan fingerprint density at radius 3 is 2.54 bits per heavy atom. The Kier molecular flexibility index (Phi) is 8.03. The minimum atomic E-state index is -1.05. The molecule has 0 saturated heterocycles. The molecule has 1 aliphatic rings. The zero-order chi connectivity index (χ0) is 24.6. The van der Waals surface area contributed by atoms with Gasteiger partial charge in [-0.1, -0.05) is 6.07 Å². The number of aryl methyl sites for hydroxylation is 2. The number of nitrogens with zero attached hydrogens (tertiary/aromatic N) is 2. The summed E-state index contributed by atoms with van der Waals surface area (Å²) in [5.41, 5.74) is 5.60. The number of methoxy groups -OCH3 is 1. The zero-order valence-electron chi connectivity index (χ0n) is 20.2. The highest BCUT2D eigenvalue weighted by molar-refractivity contribution is 5.69. The van der Waals surface area contributed by atoms with Gasteiger partial charge < -0.3 is 24.6 Å². The number of anilines is 1. The van der Waals surface area contributed by atoms with Crippen LogP contribution in [-0.4, -0.2) is 47.9 Å². The van der Waals surface area contributed by atoms with Crippen molar-refractivity contribution in [3.8, 4) is 28.5 Å². The Hall–Kier alpha value is -3.81. The fraction of sp³-hybridized carbons (Fsp3) is 0.370. The Morgan fingerprint density at radius 2 is 1.80 bits per heavy atom. The van der Waals surface area contributed by atoms with Gasteiger partial charge in [-0.05, 0) is 80.0 Å². The van der Waals surface area contributed by atoms with E-state index in [4.69, 9.17) is 19.3 Å². The number of aliphatic carboxylic acids is 1. The number of ether oxygens (including phenoxy) is 3. The quantitative estimate of drug-likeness (QED) is 0.415. The van der Waals surface area contributed by atoms with E-state index in [-0.39, 0.29) is 0 Å². The van der Waals surface area contributed by atoms with E-state index in [2.05, 4.69) is 27.4 Å². The van der Waals surface area contributed by atoms with Crippen LogP contribution in [0, 0.1) is 0 Å². The van der Waals surface area contributed by atoms with Gasteiger partial charge in [0.15, 0.2) is 18.1 Å². The van der Waals surface area contributed by atoms with Crippen molar-refractivity contribution in [1.82, 2.24) is 9.97 Å². The van der Waals surface area contributed by atoms with E-state index >= 15 is 0 Å². The van der Waals surface area contributed by atoms with Crippen molar-refractivity contribution in [2.24, 2.45) is 0 Å². The van der Waals surface area contributed by atoms with E-state index in [0.29, 0.717) is 24.7 Å². The predicted octanol–water partition coefficient (Wildman–Crippen LogP) is 4.55. The molecule has 0 radical (unpaired) electrons. The average molecular weight is 478 g/mol. The van der Waals surface area contributed by atoms with Crippen molar-refractivity contribution in [1.29, 1.82) is 0 Å². The molecule has 0 fully saturated rings. The Labute approximate surface area is 205 Å². The van der Waals surface area contributed by atoms with Crippen LogP contribution in [0.1, 0.15) is 36.5 Å². The summed E-state index contributed by atoms with van der Waals surface area (Å²) in [6.45, 7) is 2.56. The van der Waals surface area contributed by atoms with Gasteiger partial charge in [0.05, 0.1) is 19.4 Å². The highest BCUT2D eigenvalue weighted by atomic mass is 16.5. The minimum Gasteiger partial charge on any atom is -0.496 e. The highest BCUT2D eigenvalue weighted by Crippen LogP contribution is 2.33. The first-order valence-corrected chi connectivity index (χ1v) is 11.9. The second-order valence-corrected chi connectivity index (χ2v) is 8.38. The van der Waals surface area contributed by atoms with Gasteiger partial charge >= 0.3 is 5.97 Å². The van der Waals surface area contributed by atoms with E-state index in [0.717, 1.165) is 42.1 Å². The van der Waals surface area contributed by atoms with E-state index in [1.165, 1.54) is 35.9 Å². The second kappa shape index (κ2) is 11.6. The van der Waals surface area contributed by atoms with Gasteiger partial charge in [-0.15, -0.1) is 0 Å². The smallest absolute Gasteiger partial charge is 0.341 e. The summed E-state index contributed by atoms with van der Waals surface area (Å²) in [4.78, 5) is 19.6. The van der Waals surface area contributed by atoms with E-state index < -0.39 is 12.6 Å². The molecule has 2 aromatic carbocycles. The molecule has 8 heteroatoms. The summed E-state index contributed by atoms with van der Waals surface area (Å²) < 4.78 is 16.6. The molecular weight excluding hydrogens is 446 g/mol. The normalized spacial score (nSPS) is 12.5. The van der Waals surface area contributed by atoms with Crippen LogP contribution in [0.4, 0.5) is 5.82 Å². The van der Waals surface area contributed by atoms with Crippen molar-refractivity contribution < 1.29 is 24.1 Å². The molecule has 0 saturated carbocycles. The lowest BCUT2D eigenvalue weighted by Crippen LogP contribution is -2.10. The van der Waals surface area contributed by atoms with Crippen LogP contribution < -0.4 is 19.5 Å². The van der Waals surface area contributed by atoms with Gasteiger partial charge in [-0.3, -0.25) is 0 Å². The number of hydrogen-bond acceptors (Lipinski definition) is 7. The molecule has 0 spiro atoms. The van der Waals surface area contributed by atoms with Gasteiger partial charge in [-0.25, -0.2) is 14.8 Å². The zero-order valence-corrected chi connectivity index (χ0v) is 20.2. The van der Waals surface area contributed by atoms with Crippen LogP contribution in [0.5, 0.6) is 17.2 Å². The largest absolute Gasteiger partial charge is 0.496 e. The lowest BCUT2D eigenvalue weighted by Gasteiger charge is -2.19. The maximum Gasteiger partial charge on any atom is 0.341 e. The van der Waals surface area contributed by atoms with Crippen LogP contribution in [0.2, 0.25) is 0 Å². The van der Waals surface area contributed by atoms with Crippen LogP contribution >= 0.6 is 0 Å². The standard InChI is InChI=1S/C27H31N3O5/c1-3-34-25-14-20(8-9-23(25)35-16-27(31)32)22-15-26(30-17-29-22)28-11-10-21-12-18-6-4-5-7-19(18)13-24(21)33-2/h8-9,12-15,17H,3-7,10-11,16H2,1-2H3,(H,31,32)(H,28,29,30). The summed E-state index contributed by atoms with van der Waals surface area (Å²) >= 11 is 0. The minimum absolute atomic E-state index is 0.379. The Balaban J connectivity index is 1.45. The number of rotatable bonds is 11. The van der Waals surface area contributed by atoms with Gasteiger partial charge in [0, 0.05) is 18.2 Å². The summed E-state index contributed by atoms with van der Waals surface area (Å²) in [6.07, 6.45) is 7.10. The molecule has 0 bridgehead atoms. The van der Waals surface area contributed by atoms with E-state index in [1.54, 1.807) is 19.2 Å². The molecule has 3 aromatic rings. The SMILES string of the molecule is CCOc1cc(-c2cc(NCCc3cc4c(cc3OC)CCCC4)ncn2)ccc1OCC(=O)O. The summed E-state index contributed by atoms with van der Waals surface area (Å²) in [7, 11) is 1.73. The molecule has 2 N–H and O–H groups in total. The number of aromatic nitrogens is 2. The topological polar surface area (TPSA) is 103 Å². The fourth-order valence-corrected chi connectivity index (χ4v) is 4.33. The molecule has 35 heavy (non-hydrogen) atoms. The molecule has 184 valence electrons. The molecule has 0 unspecified atom stereocenters. The third kappa shape index (κ3) is 6.20. The fourth-order valence-electron chi connectivity index (χ4n) is 4.33. The Bertz CT molecular complexity index is 1180. The third-order valence-corrected chi connectivity index (χ3v) is 6.00. The first-order chi connectivity index (χ1) is 17.1. The summed E-state index contributed by atoms with van der Waals surface area (Å²) in [5.74, 6) is 1.47. The van der Waals surface area contributed by atoms with Crippen LogP contribution in [-0.2, 0) is 24.1 Å². The van der Waals surface area contributed by atoms with Crippen LogP contribution in [0.15, 0.2) is 42.7 Å². The Morgan fingerprint density at radius 1 is 1.00 bits per heavy atom. The number of carboxylic acids is 1. The number of nitrogens with one attached hydrogen (secondary N) is 1. The first-order valence-electron chi connectivity index (χ1n) is 11.9. The van der Waals surface area contributed by atoms with Crippen LogP contribution in [0.3, 0.4) is 0 Å². The molecule has 0 aliphatic heterocycles. The maximum atomic E-state index is 10.8. The molecule has 4 rings (SSSR count). The number of fused-ring (bicyclic) bond motifs is 1. The van der Waals surface area contributed by atoms with E-state index in [1.807, 2.05) is 19.1 Å². The van der Waals surface area contributed by atoms with Crippen molar-refractivity contribution in [2.75, 3.05) is 32.2 Å². The lowest BCUT2D eigenvalue weighted by molar-refractivity contribution is -0.139. The van der Waals surface area contributed by atoms with Crippen molar-refractivity contribution in [3.05, 3.63) is 59.4 Å². The van der Waals surface area contributed by atoms with Gasteiger partial charge in [0.2, 0.25) is 0 Å².